The Morgan fingerprint density at radius 3 is 1.72 bits per heavy atom. The third-order valence-electron chi connectivity index (χ3n) is 6.54. The Kier molecular flexibility index (Phi) is 10.2. The average Bonchev–Trinajstić information content (AvgIpc) is 2.86. The van der Waals surface area contributed by atoms with Crippen molar-refractivity contribution >= 4 is 26.0 Å². The molecule has 0 N–H and O–H groups in total. The fraction of sp³-hybridized carbons (Fsp3) is 0.519. The summed E-state index contributed by atoms with van der Waals surface area (Å²) in [6.07, 6.45) is 7.58. The van der Waals surface area contributed by atoms with E-state index in [1.807, 2.05) is 13.8 Å². The molecule has 2 fully saturated rings. The molecule has 0 radical (unpaired) electrons. The van der Waals surface area contributed by atoms with Gasteiger partial charge in [0.1, 0.15) is 6.10 Å². The lowest BCUT2D eigenvalue weighted by atomic mass is 9.90. The van der Waals surface area contributed by atoms with E-state index in [4.69, 9.17) is 8.37 Å². The maximum Gasteiger partial charge on any atom is 0.297 e. The van der Waals surface area contributed by atoms with Gasteiger partial charge in [0.05, 0.1) is 16.4 Å². The van der Waals surface area contributed by atoms with Crippen LogP contribution >= 0.6 is 0 Å². The summed E-state index contributed by atoms with van der Waals surface area (Å²) in [6.45, 7) is 4.14. The van der Waals surface area contributed by atoms with Gasteiger partial charge in [-0.3, -0.25) is 13.2 Å². The molecule has 2 saturated carbocycles. The largest absolute Gasteiger partial charge is 0.297 e. The van der Waals surface area contributed by atoms with Crippen molar-refractivity contribution in [3.05, 3.63) is 59.7 Å². The highest BCUT2D eigenvalue weighted by Crippen LogP contribution is 2.25. The van der Waals surface area contributed by atoms with Crippen LogP contribution in [0.1, 0.15) is 68.9 Å². The van der Waals surface area contributed by atoms with Crippen LogP contribution in [0.2, 0.25) is 0 Å². The highest BCUT2D eigenvalue weighted by atomic mass is 32.2. The van der Waals surface area contributed by atoms with Gasteiger partial charge in [0.25, 0.3) is 20.2 Å². The molecule has 0 spiro atoms. The summed E-state index contributed by atoms with van der Waals surface area (Å²) in [5, 5.41) is 0. The SMILES string of the molecule is Cc1ccc(S(=O)(=O)OC2CCCCC2=O)cc1.Cc1ccc(S(=O)(=O)OCC2CCCCC2)cc1. The monoisotopic (exact) mass is 536 g/mol. The van der Waals surface area contributed by atoms with Gasteiger partial charge >= 0.3 is 0 Å². The van der Waals surface area contributed by atoms with Gasteiger partial charge in [0, 0.05) is 6.42 Å². The molecular weight excluding hydrogens is 500 g/mol. The molecular formula is C27H36O7S2. The van der Waals surface area contributed by atoms with Crippen LogP contribution in [-0.4, -0.2) is 35.3 Å². The molecule has 7 nitrogen and oxygen atoms in total. The maximum atomic E-state index is 12.0. The molecule has 2 aliphatic rings. The third-order valence-corrected chi connectivity index (χ3v) is 9.18. The second kappa shape index (κ2) is 12.9. The molecule has 4 rings (SSSR count). The summed E-state index contributed by atoms with van der Waals surface area (Å²) in [7, 11) is -7.41. The van der Waals surface area contributed by atoms with E-state index in [0.717, 1.165) is 36.8 Å². The Labute approximate surface area is 215 Å². The molecule has 198 valence electrons. The summed E-state index contributed by atoms with van der Waals surface area (Å²) >= 11 is 0. The van der Waals surface area contributed by atoms with Crippen molar-refractivity contribution < 1.29 is 30.0 Å². The van der Waals surface area contributed by atoms with E-state index in [9.17, 15) is 21.6 Å². The molecule has 36 heavy (non-hydrogen) atoms. The van der Waals surface area contributed by atoms with Crippen molar-refractivity contribution in [2.75, 3.05) is 6.61 Å². The van der Waals surface area contributed by atoms with Gasteiger partial charge in [0.15, 0.2) is 5.78 Å². The van der Waals surface area contributed by atoms with Gasteiger partial charge in [-0.2, -0.15) is 16.8 Å². The summed E-state index contributed by atoms with van der Waals surface area (Å²) in [4.78, 5) is 11.9. The number of hydrogen-bond acceptors (Lipinski definition) is 7. The molecule has 1 unspecified atom stereocenters. The predicted octanol–water partition coefficient (Wildman–Crippen LogP) is 5.49. The molecule has 0 saturated heterocycles. The van der Waals surface area contributed by atoms with Crippen LogP contribution in [0.4, 0.5) is 0 Å². The van der Waals surface area contributed by atoms with E-state index >= 15 is 0 Å². The van der Waals surface area contributed by atoms with E-state index < -0.39 is 26.3 Å². The first kappa shape index (κ1) is 28.5. The lowest BCUT2D eigenvalue weighted by Gasteiger charge is -2.20. The second-order valence-electron chi connectivity index (χ2n) is 9.62. The van der Waals surface area contributed by atoms with Crippen LogP contribution in [-0.2, 0) is 33.4 Å². The lowest BCUT2D eigenvalue weighted by molar-refractivity contribution is -0.127. The predicted molar refractivity (Wildman–Crippen MR) is 138 cm³/mol. The normalized spacial score (nSPS) is 19.4. The van der Waals surface area contributed by atoms with Crippen LogP contribution in [0.25, 0.3) is 0 Å². The Morgan fingerprint density at radius 1 is 0.694 bits per heavy atom. The smallest absolute Gasteiger partial charge is 0.297 e. The van der Waals surface area contributed by atoms with Crippen LogP contribution in [0.15, 0.2) is 58.3 Å². The minimum Gasteiger partial charge on any atom is -0.297 e. The van der Waals surface area contributed by atoms with Crippen LogP contribution in [0.3, 0.4) is 0 Å². The third kappa shape index (κ3) is 8.50. The summed E-state index contributed by atoms with van der Waals surface area (Å²) < 4.78 is 58.1. The Morgan fingerprint density at radius 2 is 1.19 bits per heavy atom. The number of carbonyl (C=O) groups excluding carboxylic acids is 1. The highest BCUT2D eigenvalue weighted by Gasteiger charge is 2.29. The number of ketones is 1. The fourth-order valence-electron chi connectivity index (χ4n) is 4.28. The number of Topliss-reactive ketones (excluding diaryl/α,β-unsaturated/α-hetero) is 1. The molecule has 0 aliphatic heterocycles. The van der Waals surface area contributed by atoms with Crippen molar-refractivity contribution in [3.63, 3.8) is 0 Å². The van der Waals surface area contributed by atoms with Gasteiger partial charge in [-0.1, -0.05) is 54.7 Å². The van der Waals surface area contributed by atoms with Gasteiger partial charge < -0.3 is 0 Å². The number of rotatable bonds is 7. The molecule has 1 atom stereocenters. The molecule has 2 aliphatic carbocycles. The van der Waals surface area contributed by atoms with Crippen molar-refractivity contribution in [1.29, 1.82) is 0 Å². The Bertz CT molecular complexity index is 1200. The highest BCUT2D eigenvalue weighted by molar-refractivity contribution is 7.87. The molecule has 2 aromatic carbocycles. The quantitative estimate of drug-likeness (QED) is 0.431. The molecule has 0 heterocycles. The summed E-state index contributed by atoms with van der Waals surface area (Å²) in [6, 6.07) is 13.2. The van der Waals surface area contributed by atoms with E-state index in [-0.39, 0.29) is 15.6 Å². The molecule has 0 amide bonds. The zero-order valence-electron chi connectivity index (χ0n) is 21.0. The number of carbonyl (C=O) groups is 1. The Hall–Kier alpha value is -2.07. The zero-order valence-corrected chi connectivity index (χ0v) is 22.7. The standard InChI is InChI=1S/C14H20O3S.C13H16O4S/c1-12-7-9-14(10-8-12)18(15,16)17-11-13-5-3-2-4-6-13;1-10-6-8-11(9-7-10)18(15,16)17-13-5-3-2-4-12(13)14/h7-10,13H,2-6,11H2,1H3;6-9,13H,2-5H2,1H3. The molecule has 0 aromatic heterocycles. The fourth-order valence-corrected chi connectivity index (χ4v) is 6.35. The van der Waals surface area contributed by atoms with E-state index in [0.29, 0.717) is 25.4 Å². The lowest BCUT2D eigenvalue weighted by Crippen LogP contribution is -2.30. The second-order valence-corrected chi connectivity index (χ2v) is 12.8. The van der Waals surface area contributed by atoms with Crippen LogP contribution in [0, 0.1) is 19.8 Å². The van der Waals surface area contributed by atoms with Gasteiger partial charge in [-0.05, 0) is 76.1 Å². The first-order valence-corrected chi connectivity index (χ1v) is 15.4. The van der Waals surface area contributed by atoms with E-state index in [1.54, 1.807) is 36.4 Å². The van der Waals surface area contributed by atoms with Gasteiger partial charge in [-0.15, -0.1) is 0 Å². The van der Waals surface area contributed by atoms with Crippen LogP contribution in [0.5, 0.6) is 0 Å². The maximum absolute atomic E-state index is 12.0. The van der Waals surface area contributed by atoms with Gasteiger partial charge in [0.2, 0.25) is 0 Å². The van der Waals surface area contributed by atoms with Crippen LogP contribution < -0.4 is 0 Å². The molecule has 0 bridgehead atoms. The van der Waals surface area contributed by atoms with Crippen molar-refractivity contribution in [2.45, 2.75) is 87.5 Å². The average molecular weight is 537 g/mol. The minimum absolute atomic E-state index is 0.103. The first-order valence-electron chi connectivity index (χ1n) is 12.6. The zero-order chi connectivity index (χ0) is 26.2. The summed E-state index contributed by atoms with van der Waals surface area (Å²) in [5.41, 5.74) is 2.02. The number of hydrogen-bond donors (Lipinski definition) is 0. The molecule has 2 aromatic rings. The number of aryl methyl sites for hydroxylation is 2. The van der Waals surface area contributed by atoms with E-state index in [1.165, 1.54) is 31.4 Å². The van der Waals surface area contributed by atoms with Crippen molar-refractivity contribution in [3.8, 4) is 0 Å². The van der Waals surface area contributed by atoms with Crippen molar-refractivity contribution in [2.24, 2.45) is 5.92 Å². The Balaban J connectivity index is 0.000000201. The van der Waals surface area contributed by atoms with E-state index in [2.05, 4.69) is 0 Å². The topological polar surface area (TPSA) is 104 Å². The van der Waals surface area contributed by atoms with Gasteiger partial charge in [-0.25, -0.2) is 0 Å². The number of benzene rings is 2. The minimum atomic E-state index is -3.83. The van der Waals surface area contributed by atoms with Crippen molar-refractivity contribution in [1.82, 2.24) is 0 Å². The summed E-state index contributed by atoms with van der Waals surface area (Å²) in [5.74, 6) is 0.288. The molecule has 9 heteroatoms. The first-order chi connectivity index (χ1) is 17.1.